The van der Waals surface area contributed by atoms with Gasteiger partial charge in [-0.15, -0.1) is 0 Å². The molecule has 0 aromatic heterocycles. The summed E-state index contributed by atoms with van der Waals surface area (Å²) in [5, 5.41) is 11.5. The Kier molecular flexibility index (Phi) is 5.14. The molecule has 21 heavy (non-hydrogen) atoms. The lowest BCUT2D eigenvalue weighted by Crippen LogP contribution is -2.35. The van der Waals surface area contributed by atoms with Gasteiger partial charge in [0, 0.05) is 6.61 Å². The fourth-order valence-electron chi connectivity index (χ4n) is 2.19. The van der Waals surface area contributed by atoms with Gasteiger partial charge in [-0.25, -0.2) is 4.39 Å². The van der Waals surface area contributed by atoms with Crippen LogP contribution in [0.5, 0.6) is 0 Å². The zero-order valence-corrected chi connectivity index (χ0v) is 11.9. The normalized spacial score (nSPS) is 19.2. The summed E-state index contributed by atoms with van der Waals surface area (Å²) in [6.45, 7) is 0.831. The molecule has 1 saturated heterocycles. The molecule has 0 unspecified atom stereocenters. The van der Waals surface area contributed by atoms with Crippen LogP contribution >= 0.6 is 11.6 Å². The van der Waals surface area contributed by atoms with Gasteiger partial charge >= 0.3 is 5.97 Å². The van der Waals surface area contributed by atoms with Crippen molar-refractivity contribution in [2.75, 3.05) is 13.2 Å². The number of carbonyl (C=O) groups is 2. The standard InChI is InChI=1S/C14H15ClFNO4/c15-10-2-1-8(5-11(10)16)12(6-13(18)19)17-14(20)9-3-4-21-7-9/h1-2,5,9,12H,3-4,6-7H2,(H,17,20)(H,18,19)/t9-,12-/m0/s1. The fourth-order valence-corrected chi connectivity index (χ4v) is 2.30. The number of carboxylic acids is 1. The third-order valence-corrected chi connectivity index (χ3v) is 3.65. The Morgan fingerprint density at radius 3 is 2.86 bits per heavy atom. The summed E-state index contributed by atoms with van der Waals surface area (Å²) in [4.78, 5) is 23.0. The summed E-state index contributed by atoms with van der Waals surface area (Å²) in [6, 6.07) is 3.18. The summed E-state index contributed by atoms with van der Waals surface area (Å²) in [5.41, 5.74) is 0.367. The highest BCUT2D eigenvalue weighted by Gasteiger charge is 2.27. The molecule has 2 rings (SSSR count). The number of carboxylic acid groups (broad SMARTS) is 1. The van der Waals surface area contributed by atoms with Gasteiger partial charge in [0.2, 0.25) is 5.91 Å². The summed E-state index contributed by atoms with van der Waals surface area (Å²) < 4.78 is 18.6. The number of rotatable bonds is 5. The van der Waals surface area contributed by atoms with E-state index in [1.54, 1.807) is 0 Å². The summed E-state index contributed by atoms with van der Waals surface area (Å²) >= 11 is 5.61. The average Bonchev–Trinajstić information content (AvgIpc) is 2.94. The van der Waals surface area contributed by atoms with Crippen LogP contribution in [0, 0.1) is 11.7 Å². The number of amides is 1. The van der Waals surface area contributed by atoms with Crippen LogP contribution in [-0.2, 0) is 14.3 Å². The molecule has 2 N–H and O–H groups in total. The van der Waals surface area contributed by atoms with Gasteiger partial charge in [0.1, 0.15) is 5.82 Å². The first kappa shape index (κ1) is 15.7. The van der Waals surface area contributed by atoms with Gasteiger partial charge in [0.25, 0.3) is 0 Å². The van der Waals surface area contributed by atoms with E-state index in [9.17, 15) is 14.0 Å². The number of halogens is 2. The minimum atomic E-state index is -1.08. The number of hydrogen-bond donors (Lipinski definition) is 2. The third kappa shape index (κ3) is 4.15. The van der Waals surface area contributed by atoms with Gasteiger partial charge in [0.05, 0.1) is 30.0 Å². The van der Waals surface area contributed by atoms with Crippen LogP contribution in [0.3, 0.4) is 0 Å². The SMILES string of the molecule is O=C(O)C[C@H](NC(=O)[C@H]1CCOC1)c1ccc(Cl)c(F)c1. The molecule has 2 atom stereocenters. The van der Waals surface area contributed by atoms with E-state index < -0.39 is 17.8 Å². The Hall–Kier alpha value is -1.66. The fraction of sp³-hybridized carbons (Fsp3) is 0.429. The van der Waals surface area contributed by atoms with Crippen LogP contribution in [0.1, 0.15) is 24.4 Å². The monoisotopic (exact) mass is 315 g/mol. The molecular weight excluding hydrogens is 301 g/mol. The number of aliphatic carboxylic acids is 1. The maximum atomic E-state index is 13.5. The molecule has 114 valence electrons. The zero-order valence-electron chi connectivity index (χ0n) is 11.1. The van der Waals surface area contributed by atoms with E-state index in [4.69, 9.17) is 21.4 Å². The van der Waals surface area contributed by atoms with Gasteiger partial charge in [-0.1, -0.05) is 17.7 Å². The van der Waals surface area contributed by atoms with Crippen molar-refractivity contribution in [1.82, 2.24) is 5.32 Å². The quantitative estimate of drug-likeness (QED) is 0.873. The van der Waals surface area contributed by atoms with Crippen molar-refractivity contribution >= 4 is 23.5 Å². The van der Waals surface area contributed by atoms with E-state index in [1.165, 1.54) is 12.1 Å². The van der Waals surface area contributed by atoms with E-state index in [1.807, 2.05) is 0 Å². The zero-order chi connectivity index (χ0) is 15.4. The molecule has 0 spiro atoms. The van der Waals surface area contributed by atoms with Gasteiger partial charge in [0.15, 0.2) is 0 Å². The van der Waals surface area contributed by atoms with Gasteiger partial charge in [-0.05, 0) is 24.1 Å². The van der Waals surface area contributed by atoms with Gasteiger partial charge in [-0.3, -0.25) is 9.59 Å². The highest BCUT2D eigenvalue weighted by molar-refractivity contribution is 6.30. The number of hydrogen-bond acceptors (Lipinski definition) is 3. The van der Waals surface area contributed by atoms with Crippen LogP contribution in [0.4, 0.5) is 4.39 Å². The Morgan fingerprint density at radius 1 is 1.52 bits per heavy atom. The molecule has 5 nitrogen and oxygen atoms in total. The smallest absolute Gasteiger partial charge is 0.305 e. The number of ether oxygens (including phenoxy) is 1. The molecular formula is C14H15ClFNO4. The summed E-state index contributed by atoms with van der Waals surface area (Å²) in [6.07, 6.45) is 0.265. The van der Waals surface area contributed by atoms with E-state index in [0.717, 1.165) is 6.07 Å². The molecule has 0 bridgehead atoms. The molecule has 1 amide bonds. The first-order valence-corrected chi connectivity index (χ1v) is 6.90. The second-order valence-corrected chi connectivity index (χ2v) is 5.30. The molecule has 0 aliphatic carbocycles. The minimum Gasteiger partial charge on any atom is -0.481 e. The molecule has 1 heterocycles. The predicted octanol–water partition coefficient (Wildman–Crippen LogP) is 2.15. The minimum absolute atomic E-state index is 0.0525. The van der Waals surface area contributed by atoms with Crippen LogP contribution in [-0.4, -0.2) is 30.2 Å². The maximum Gasteiger partial charge on any atom is 0.305 e. The summed E-state index contributed by atoms with van der Waals surface area (Å²) in [5.74, 6) is -2.31. The van der Waals surface area contributed by atoms with Crippen LogP contribution in [0.25, 0.3) is 0 Å². The van der Waals surface area contributed by atoms with Gasteiger partial charge < -0.3 is 15.2 Å². The molecule has 1 aliphatic heterocycles. The van der Waals surface area contributed by atoms with Crippen molar-refractivity contribution < 1.29 is 23.8 Å². The van der Waals surface area contributed by atoms with Crippen molar-refractivity contribution in [3.8, 4) is 0 Å². The molecule has 1 aromatic carbocycles. The Balaban J connectivity index is 2.14. The lowest BCUT2D eigenvalue weighted by Gasteiger charge is -2.19. The maximum absolute atomic E-state index is 13.5. The van der Waals surface area contributed by atoms with Crippen molar-refractivity contribution in [3.63, 3.8) is 0 Å². The number of benzene rings is 1. The topological polar surface area (TPSA) is 75.6 Å². The van der Waals surface area contributed by atoms with E-state index >= 15 is 0 Å². The average molecular weight is 316 g/mol. The lowest BCUT2D eigenvalue weighted by atomic mass is 10.0. The summed E-state index contributed by atoms with van der Waals surface area (Å²) in [7, 11) is 0. The van der Waals surface area contributed by atoms with Crippen LogP contribution in [0.2, 0.25) is 5.02 Å². The van der Waals surface area contributed by atoms with Crippen molar-refractivity contribution in [2.45, 2.75) is 18.9 Å². The third-order valence-electron chi connectivity index (χ3n) is 3.34. The Morgan fingerprint density at radius 2 is 2.29 bits per heavy atom. The van der Waals surface area contributed by atoms with Crippen LogP contribution < -0.4 is 5.32 Å². The van der Waals surface area contributed by atoms with Crippen molar-refractivity contribution in [2.24, 2.45) is 5.92 Å². The number of carbonyl (C=O) groups excluding carboxylic acids is 1. The molecule has 1 aromatic rings. The van der Waals surface area contributed by atoms with E-state index in [2.05, 4.69) is 5.32 Å². The lowest BCUT2D eigenvalue weighted by molar-refractivity contribution is -0.138. The van der Waals surface area contributed by atoms with Gasteiger partial charge in [-0.2, -0.15) is 0 Å². The van der Waals surface area contributed by atoms with Crippen molar-refractivity contribution in [1.29, 1.82) is 0 Å². The van der Waals surface area contributed by atoms with E-state index in [0.29, 0.717) is 25.2 Å². The Bertz CT molecular complexity index is 546. The predicted molar refractivity (Wildman–Crippen MR) is 73.5 cm³/mol. The molecule has 0 radical (unpaired) electrons. The molecule has 0 saturated carbocycles. The number of nitrogens with one attached hydrogen (secondary N) is 1. The first-order valence-electron chi connectivity index (χ1n) is 6.52. The highest BCUT2D eigenvalue weighted by Crippen LogP contribution is 2.23. The second kappa shape index (κ2) is 6.87. The Labute approximate surface area is 126 Å². The highest BCUT2D eigenvalue weighted by atomic mass is 35.5. The van der Waals surface area contributed by atoms with Crippen LogP contribution in [0.15, 0.2) is 18.2 Å². The molecule has 1 fully saturated rings. The second-order valence-electron chi connectivity index (χ2n) is 4.89. The van der Waals surface area contributed by atoms with Crippen molar-refractivity contribution in [3.05, 3.63) is 34.6 Å². The largest absolute Gasteiger partial charge is 0.481 e. The molecule has 7 heteroatoms. The first-order chi connectivity index (χ1) is 9.97. The molecule has 1 aliphatic rings. The van der Waals surface area contributed by atoms with E-state index in [-0.39, 0.29) is 23.3 Å².